The van der Waals surface area contributed by atoms with E-state index in [9.17, 15) is 4.79 Å². The fraction of sp³-hybridized carbons (Fsp3) is 0.263. The number of ether oxygens (including phenoxy) is 2. The molecule has 1 heterocycles. The molecule has 1 saturated heterocycles. The molecule has 0 bridgehead atoms. The Hall–Kier alpha value is -2.51. The predicted octanol–water partition coefficient (Wildman–Crippen LogP) is 3.56. The third kappa shape index (κ3) is 5.79. The van der Waals surface area contributed by atoms with Crippen molar-refractivity contribution in [3.05, 3.63) is 48.5 Å². The number of hydrogen-bond donors (Lipinski definition) is 2. The maximum atomic E-state index is 11.4. The highest BCUT2D eigenvalue weighted by Crippen LogP contribution is 2.23. The summed E-state index contributed by atoms with van der Waals surface area (Å²) < 4.78 is 13.5. The number of anilines is 2. The van der Waals surface area contributed by atoms with Gasteiger partial charge in [-0.25, -0.2) is 4.72 Å². The summed E-state index contributed by atoms with van der Waals surface area (Å²) in [6.45, 7) is 5.14. The Labute approximate surface area is 157 Å². The zero-order chi connectivity index (χ0) is 18.8. The highest BCUT2D eigenvalue weighted by atomic mass is 32.2. The zero-order valence-electron chi connectivity index (χ0n) is 14.6. The van der Waals surface area contributed by atoms with Crippen LogP contribution in [0.25, 0.3) is 0 Å². The molecule has 1 atom stereocenters. The van der Waals surface area contributed by atoms with Crippen molar-refractivity contribution in [2.24, 2.45) is 0 Å². The number of nitrogens with one attached hydrogen (secondary N) is 2. The van der Waals surface area contributed by atoms with Crippen molar-refractivity contribution in [3.8, 4) is 5.75 Å². The highest BCUT2D eigenvalue weighted by Gasteiger charge is 2.25. The number of hydrogen-bond acceptors (Lipinski definition) is 7. The molecule has 138 valence electrons. The molecular weight excluding hydrogens is 352 g/mol. The van der Waals surface area contributed by atoms with Gasteiger partial charge in [-0.2, -0.15) is 0 Å². The van der Waals surface area contributed by atoms with Crippen LogP contribution < -0.4 is 14.8 Å². The first-order valence-corrected chi connectivity index (χ1v) is 9.04. The smallest absolute Gasteiger partial charge is 0.324 e. The summed E-state index contributed by atoms with van der Waals surface area (Å²) in [7, 11) is 0. The number of rotatable bonds is 7. The highest BCUT2D eigenvalue weighted by molar-refractivity contribution is 7.97. The normalized spacial score (nSPS) is 15.6. The zero-order valence-corrected chi connectivity index (χ0v) is 15.4. The lowest BCUT2D eigenvalue weighted by Crippen LogP contribution is -2.27. The number of esters is 1. The van der Waals surface area contributed by atoms with Gasteiger partial charge < -0.3 is 19.6 Å². The molecule has 1 unspecified atom stereocenters. The average Bonchev–Trinajstić information content (AvgIpc) is 3.09. The number of cyclic esters (lactones) is 1. The Morgan fingerprint density at radius 3 is 2.27 bits per heavy atom. The lowest BCUT2D eigenvalue weighted by molar-refractivity contribution is -0.139. The van der Waals surface area contributed by atoms with Crippen molar-refractivity contribution >= 4 is 36.1 Å². The molecular formula is C19H22N2O4S. The minimum Gasteiger partial charge on any atom is -0.494 e. The topological polar surface area (TPSA) is 76.7 Å². The summed E-state index contributed by atoms with van der Waals surface area (Å²) in [5.41, 5.74) is 2.01. The third-order valence-electron chi connectivity index (χ3n) is 3.56. The van der Waals surface area contributed by atoms with Crippen LogP contribution in [-0.2, 0) is 14.3 Å². The Kier molecular flexibility index (Phi) is 7.98. The van der Waals surface area contributed by atoms with Crippen LogP contribution >= 0.6 is 11.9 Å². The van der Waals surface area contributed by atoms with Gasteiger partial charge in [0.1, 0.15) is 18.6 Å². The third-order valence-corrected chi connectivity index (χ3v) is 4.47. The van der Waals surface area contributed by atoms with Gasteiger partial charge in [-0.15, -0.1) is 0 Å². The summed E-state index contributed by atoms with van der Waals surface area (Å²) in [5, 5.41) is 3.35. The van der Waals surface area contributed by atoms with Crippen LogP contribution in [0.5, 0.6) is 5.75 Å². The number of carbonyl (C=O) groups excluding carboxylic acids is 2. The van der Waals surface area contributed by atoms with E-state index in [2.05, 4.69) is 10.0 Å². The van der Waals surface area contributed by atoms with Gasteiger partial charge in [0.2, 0.25) is 0 Å². The summed E-state index contributed by atoms with van der Waals surface area (Å²) >= 11 is 1.45. The molecule has 3 rings (SSSR count). The molecule has 0 spiro atoms. The van der Waals surface area contributed by atoms with Crippen LogP contribution in [-0.4, -0.2) is 32.0 Å². The van der Waals surface area contributed by atoms with Crippen molar-refractivity contribution in [1.82, 2.24) is 4.72 Å². The fourth-order valence-electron chi connectivity index (χ4n) is 2.32. The quantitative estimate of drug-likeness (QED) is 0.567. The fourth-order valence-corrected chi connectivity index (χ4v) is 3.08. The minimum atomic E-state index is -0.211. The van der Waals surface area contributed by atoms with Crippen LogP contribution in [0.3, 0.4) is 0 Å². The van der Waals surface area contributed by atoms with Gasteiger partial charge in [-0.3, -0.25) is 4.79 Å². The Balaban J connectivity index is 0.00000117. The molecule has 0 aromatic heterocycles. The molecule has 0 radical (unpaired) electrons. The molecule has 6 nitrogen and oxygen atoms in total. The van der Waals surface area contributed by atoms with Crippen LogP contribution in [0, 0.1) is 0 Å². The summed E-state index contributed by atoms with van der Waals surface area (Å²) in [6.07, 6.45) is 0.725. The van der Waals surface area contributed by atoms with Gasteiger partial charge in [0.05, 0.1) is 13.2 Å². The molecule has 1 aliphatic rings. The molecule has 2 aromatic carbocycles. The molecule has 0 aliphatic carbocycles. The van der Waals surface area contributed by atoms with Gasteiger partial charge in [-0.1, -0.05) is 0 Å². The molecule has 7 heteroatoms. The van der Waals surface area contributed by atoms with E-state index in [4.69, 9.17) is 14.3 Å². The first kappa shape index (κ1) is 19.8. The standard InChI is InChI=1S/C18H20N2O3S.CH2O/c1-2-22-15-7-3-13(4-8-15)19-14-5-9-16(10-6-14)24-20-17-11-12-23-18(17)21;1-2/h3-10,17,19-20H,2,11-12H2,1H3;1H2. The second kappa shape index (κ2) is 10.5. The molecule has 0 amide bonds. The summed E-state index contributed by atoms with van der Waals surface area (Å²) in [5.74, 6) is 0.697. The molecule has 0 saturated carbocycles. The second-order valence-electron chi connectivity index (χ2n) is 5.34. The lowest BCUT2D eigenvalue weighted by Gasteiger charge is -2.10. The summed E-state index contributed by atoms with van der Waals surface area (Å²) in [6, 6.07) is 15.7. The first-order chi connectivity index (χ1) is 12.7. The molecule has 1 fully saturated rings. The van der Waals surface area contributed by atoms with Crippen molar-refractivity contribution in [1.29, 1.82) is 0 Å². The van der Waals surface area contributed by atoms with E-state index in [1.165, 1.54) is 11.9 Å². The van der Waals surface area contributed by atoms with Crippen LogP contribution in [0.4, 0.5) is 11.4 Å². The van der Waals surface area contributed by atoms with E-state index in [0.29, 0.717) is 13.2 Å². The lowest BCUT2D eigenvalue weighted by atomic mass is 10.2. The first-order valence-electron chi connectivity index (χ1n) is 8.22. The van der Waals surface area contributed by atoms with Gasteiger partial charge in [0.25, 0.3) is 0 Å². The minimum absolute atomic E-state index is 0.170. The van der Waals surface area contributed by atoms with Crippen molar-refractivity contribution in [3.63, 3.8) is 0 Å². The van der Waals surface area contributed by atoms with E-state index in [1.54, 1.807) is 0 Å². The van der Waals surface area contributed by atoms with E-state index in [0.717, 1.165) is 28.4 Å². The molecule has 2 aromatic rings. The molecule has 1 aliphatic heterocycles. The predicted molar refractivity (Wildman–Crippen MR) is 103 cm³/mol. The van der Waals surface area contributed by atoms with Gasteiger partial charge in [0, 0.05) is 22.7 Å². The number of benzene rings is 2. The number of carbonyl (C=O) groups is 2. The second-order valence-corrected chi connectivity index (χ2v) is 6.25. The maximum Gasteiger partial charge on any atom is 0.324 e. The van der Waals surface area contributed by atoms with Gasteiger partial charge >= 0.3 is 5.97 Å². The van der Waals surface area contributed by atoms with E-state index < -0.39 is 0 Å². The Morgan fingerprint density at radius 1 is 1.12 bits per heavy atom. The van der Waals surface area contributed by atoms with Crippen LogP contribution in [0.1, 0.15) is 13.3 Å². The molecule has 26 heavy (non-hydrogen) atoms. The largest absolute Gasteiger partial charge is 0.494 e. The Morgan fingerprint density at radius 2 is 1.73 bits per heavy atom. The SMILES string of the molecule is C=O.CCOc1ccc(Nc2ccc(SNC3CCOC3=O)cc2)cc1. The van der Waals surface area contributed by atoms with Crippen LogP contribution in [0.2, 0.25) is 0 Å². The maximum absolute atomic E-state index is 11.4. The van der Waals surface area contributed by atoms with Gasteiger partial charge in [0.15, 0.2) is 0 Å². The van der Waals surface area contributed by atoms with Crippen molar-refractivity contribution in [2.75, 3.05) is 18.5 Å². The van der Waals surface area contributed by atoms with Gasteiger partial charge in [-0.05, 0) is 67.4 Å². The van der Waals surface area contributed by atoms with Crippen molar-refractivity contribution in [2.45, 2.75) is 24.3 Å². The summed E-state index contributed by atoms with van der Waals surface area (Å²) in [4.78, 5) is 20.4. The Bertz CT molecular complexity index is 692. The van der Waals surface area contributed by atoms with E-state index in [-0.39, 0.29) is 12.0 Å². The van der Waals surface area contributed by atoms with Crippen LogP contribution in [0.15, 0.2) is 53.4 Å². The molecule has 2 N–H and O–H groups in total. The van der Waals surface area contributed by atoms with E-state index in [1.807, 2.05) is 62.2 Å². The average molecular weight is 374 g/mol. The van der Waals surface area contributed by atoms with E-state index >= 15 is 0 Å². The van der Waals surface area contributed by atoms with Crippen molar-refractivity contribution < 1.29 is 19.1 Å². The monoisotopic (exact) mass is 374 g/mol.